The van der Waals surface area contributed by atoms with Gasteiger partial charge in [-0.2, -0.15) is 0 Å². The molecule has 2 rings (SSSR count). The van der Waals surface area contributed by atoms with Crippen LogP contribution in [0.5, 0.6) is 0 Å². The molecule has 0 saturated heterocycles. The Labute approximate surface area is 110 Å². The molecule has 1 aromatic rings. The number of nitrogens with one attached hydrogen (secondary N) is 1. The number of carboxylic acid groups (broad SMARTS) is 1. The van der Waals surface area contributed by atoms with Gasteiger partial charge in [0.1, 0.15) is 5.56 Å². The molecule has 1 aliphatic carbocycles. The number of carboxylic acids is 1. The summed E-state index contributed by atoms with van der Waals surface area (Å²) < 4.78 is 0. The molecule has 0 bridgehead atoms. The minimum absolute atomic E-state index is 0.232. The van der Waals surface area contributed by atoms with Gasteiger partial charge in [-0.3, -0.25) is 10.1 Å². The van der Waals surface area contributed by atoms with Gasteiger partial charge in [0.2, 0.25) is 0 Å². The molecule has 1 atom stereocenters. The number of hydrogen-bond acceptors (Lipinski definition) is 4. The van der Waals surface area contributed by atoms with Crippen LogP contribution in [0.4, 0.5) is 11.4 Å². The number of anilines is 1. The summed E-state index contributed by atoms with van der Waals surface area (Å²) in [4.78, 5) is 21.1. The number of nitro groups is 1. The highest BCUT2D eigenvalue weighted by atomic mass is 16.6. The molecule has 1 unspecified atom stereocenters. The number of carbonyl (C=O) groups is 1. The summed E-state index contributed by atoms with van der Waals surface area (Å²) >= 11 is 0. The van der Waals surface area contributed by atoms with Crippen molar-refractivity contribution in [1.29, 1.82) is 0 Å². The van der Waals surface area contributed by atoms with Crippen molar-refractivity contribution in [2.24, 2.45) is 5.92 Å². The first-order valence-electron chi connectivity index (χ1n) is 6.25. The number of nitro benzene ring substituents is 1. The van der Waals surface area contributed by atoms with Crippen LogP contribution in [0.25, 0.3) is 0 Å². The van der Waals surface area contributed by atoms with Gasteiger partial charge in [0.25, 0.3) is 5.69 Å². The Morgan fingerprint density at radius 1 is 1.58 bits per heavy atom. The molecule has 1 aromatic carbocycles. The second kappa shape index (κ2) is 5.26. The van der Waals surface area contributed by atoms with Crippen LogP contribution in [0.2, 0.25) is 0 Å². The van der Waals surface area contributed by atoms with Crippen LogP contribution in [-0.4, -0.2) is 22.0 Å². The van der Waals surface area contributed by atoms with E-state index in [0.717, 1.165) is 12.3 Å². The molecule has 0 radical (unpaired) electrons. The van der Waals surface area contributed by atoms with E-state index in [2.05, 4.69) is 5.32 Å². The maximum Gasteiger partial charge on any atom is 0.342 e. The fraction of sp³-hybridized carbons (Fsp3) is 0.462. The van der Waals surface area contributed by atoms with Crippen LogP contribution < -0.4 is 5.32 Å². The Balaban J connectivity index is 2.14. The highest BCUT2D eigenvalue weighted by molar-refractivity contribution is 5.93. The molecule has 1 saturated carbocycles. The van der Waals surface area contributed by atoms with Gasteiger partial charge < -0.3 is 10.4 Å². The lowest BCUT2D eigenvalue weighted by Gasteiger charge is -2.15. The summed E-state index contributed by atoms with van der Waals surface area (Å²) in [6.07, 6.45) is 3.55. The van der Waals surface area contributed by atoms with E-state index in [-0.39, 0.29) is 17.3 Å². The average molecular weight is 264 g/mol. The third kappa shape index (κ3) is 3.43. The predicted octanol–water partition coefficient (Wildman–Crippen LogP) is 2.89. The number of hydrogen-bond donors (Lipinski definition) is 2. The Hall–Kier alpha value is -2.11. The van der Waals surface area contributed by atoms with Gasteiger partial charge in [-0.15, -0.1) is 0 Å². The maximum absolute atomic E-state index is 11.0. The van der Waals surface area contributed by atoms with Gasteiger partial charge in [-0.25, -0.2) is 4.79 Å². The average Bonchev–Trinajstić information content (AvgIpc) is 3.12. The molecule has 6 heteroatoms. The lowest BCUT2D eigenvalue weighted by atomic mass is 10.1. The molecule has 1 aliphatic rings. The van der Waals surface area contributed by atoms with E-state index in [0.29, 0.717) is 5.69 Å². The van der Waals surface area contributed by atoms with Crippen molar-refractivity contribution in [1.82, 2.24) is 0 Å². The van der Waals surface area contributed by atoms with Gasteiger partial charge in [0.15, 0.2) is 0 Å². The molecule has 0 heterocycles. The van der Waals surface area contributed by atoms with Crippen molar-refractivity contribution in [3.8, 4) is 0 Å². The number of aromatic carboxylic acids is 1. The second-order valence-corrected chi connectivity index (χ2v) is 5.02. The van der Waals surface area contributed by atoms with E-state index in [9.17, 15) is 14.9 Å². The lowest BCUT2D eigenvalue weighted by Crippen LogP contribution is -2.16. The third-order valence-electron chi connectivity index (χ3n) is 3.22. The monoisotopic (exact) mass is 264 g/mol. The zero-order valence-electron chi connectivity index (χ0n) is 10.6. The van der Waals surface area contributed by atoms with Crippen molar-refractivity contribution in [2.75, 3.05) is 5.32 Å². The van der Waals surface area contributed by atoms with Gasteiger partial charge in [-0.1, -0.05) is 12.8 Å². The summed E-state index contributed by atoms with van der Waals surface area (Å²) in [5.41, 5.74) is -0.0577. The van der Waals surface area contributed by atoms with Gasteiger partial charge >= 0.3 is 5.97 Å². The van der Waals surface area contributed by atoms with Crippen molar-refractivity contribution in [3.63, 3.8) is 0 Å². The summed E-state index contributed by atoms with van der Waals surface area (Å²) in [5, 5.41) is 22.9. The smallest absolute Gasteiger partial charge is 0.342 e. The molecule has 2 N–H and O–H groups in total. The Morgan fingerprint density at radius 3 is 2.79 bits per heavy atom. The molecule has 1 fully saturated rings. The number of rotatable bonds is 6. The standard InChI is InChI=1S/C13H16N2O4/c1-8(6-9-2-3-9)14-10-4-5-12(15(18)19)11(7-10)13(16)17/h4-5,7-9,14H,2-3,6H2,1H3,(H,16,17). The van der Waals surface area contributed by atoms with Crippen molar-refractivity contribution in [2.45, 2.75) is 32.2 Å². The summed E-state index contributed by atoms with van der Waals surface area (Å²) in [6, 6.07) is 4.34. The molecule has 102 valence electrons. The summed E-state index contributed by atoms with van der Waals surface area (Å²) in [6.45, 7) is 2.03. The van der Waals surface area contributed by atoms with Crippen LogP contribution in [0.3, 0.4) is 0 Å². The molecule has 6 nitrogen and oxygen atoms in total. The second-order valence-electron chi connectivity index (χ2n) is 5.02. The maximum atomic E-state index is 11.0. The van der Waals surface area contributed by atoms with Crippen molar-refractivity contribution >= 4 is 17.3 Å². The molecule has 0 spiro atoms. The fourth-order valence-electron chi connectivity index (χ4n) is 2.15. The largest absolute Gasteiger partial charge is 0.477 e. The normalized spacial score (nSPS) is 15.8. The minimum atomic E-state index is -1.29. The fourth-order valence-corrected chi connectivity index (χ4v) is 2.15. The third-order valence-corrected chi connectivity index (χ3v) is 3.22. The number of nitrogens with zero attached hydrogens (tertiary/aromatic N) is 1. The van der Waals surface area contributed by atoms with Crippen LogP contribution >= 0.6 is 0 Å². The van der Waals surface area contributed by atoms with Crippen molar-refractivity contribution in [3.05, 3.63) is 33.9 Å². The zero-order valence-corrected chi connectivity index (χ0v) is 10.6. The molecule has 19 heavy (non-hydrogen) atoms. The molecule has 0 aliphatic heterocycles. The topological polar surface area (TPSA) is 92.5 Å². The minimum Gasteiger partial charge on any atom is -0.477 e. The summed E-state index contributed by atoms with van der Waals surface area (Å²) in [7, 11) is 0. The van der Waals surface area contributed by atoms with Crippen molar-refractivity contribution < 1.29 is 14.8 Å². The molecule has 0 amide bonds. The molecular formula is C13H16N2O4. The first-order valence-corrected chi connectivity index (χ1v) is 6.25. The molecular weight excluding hydrogens is 248 g/mol. The first-order chi connectivity index (χ1) is 8.97. The molecule has 0 aromatic heterocycles. The lowest BCUT2D eigenvalue weighted by molar-refractivity contribution is -0.385. The first kappa shape index (κ1) is 13.3. The van der Waals surface area contributed by atoms with Crippen LogP contribution in [-0.2, 0) is 0 Å². The van der Waals surface area contributed by atoms with E-state index >= 15 is 0 Å². The Bertz CT molecular complexity index is 511. The van der Waals surface area contributed by atoms with E-state index in [1.165, 1.54) is 25.0 Å². The van der Waals surface area contributed by atoms with E-state index in [4.69, 9.17) is 5.11 Å². The highest BCUT2D eigenvalue weighted by Gasteiger charge is 2.24. The Kier molecular flexibility index (Phi) is 3.69. The van der Waals surface area contributed by atoms with Crippen LogP contribution in [0.1, 0.15) is 36.5 Å². The van der Waals surface area contributed by atoms with E-state index in [1.807, 2.05) is 6.92 Å². The zero-order chi connectivity index (χ0) is 14.0. The highest BCUT2D eigenvalue weighted by Crippen LogP contribution is 2.34. The van der Waals surface area contributed by atoms with Crippen LogP contribution in [0, 0.1) is 16.0 Å². The number of benzene rings is 1. The van der Waals surface area contributed by atoms with Gasteiger partial charge in [-0.05, 0) is 31.4 Å². The van der Waals surface area contributed by atoms with E-state index in [1.54, 1.807) is 6.07 Å². The summed E-state index contributed by atoms with van der Waals surface area (Å²) in [5.74, 6) is -0.523. The Morgan fingerprint density at radius 2 is 2.26 bits per heavy atom. The van der Waals surface area contributed by atoms with Gasteiger partial charge in [0, 0.05) is 17.8 Å². The predicted molar refractivity (Wildman–Crippen MR) is 70.5 cm³/mol. The van der Waals surface area contributed by atoms with Crippen LogP contribution in [0.15, 0.2) is 18.2 Å². The van der Waals surface area contributed by atoms with Gasteiger partial charge in [0.05, 0.1) is 4.92 Å². The SMILES string of the molecule is CC(CC1CC1)Nc1ccc([N+](=O)[O-])c(C(=O)O)c1. The quantitative estimate of drug-likeness (QED) is 0.608. The van der Waals surface area contributed by atoms with E-state index < -0.39 is 10.9 Å².